The molecule has 0 bridgehead atoms. The summed E-state index contributed by atoms with van der Waals surface area (Å²) in [6, 6.07) is 0. The third-order valence-electron chi connectivity index (χ3n) is 6.63. The molecule has 17 nitrogen and oxygen atoms in total. The lowest BCUT2D eigenvalue weighted by molar-refractivity contribution is -0.320. The monoisotopic (exact) mass is 648 g/mol. The van der Waals surface area contributed by atoms with Gasteiger partial charge in [-0.1, -0.05) is 0 Å². The van der Waals surface area contributed by atoms with Crippen molar-refractivity contribution in [1.82, 2.24) is 0 Å². The van der Waals surface area contributed by atoms with Gasteiger partial charge in [0.25, 0.3) is 0 Å². The Labute approximate surface area is 259 Å². The van der Waals surface area contributed by atoms with Gasteiger partial charge in [-0.3, -0.25) is 33.6 Å². The van der Waals surface area contributed by atoms with Gasteiger partial charge in [0.1, 0.15) is 24.9 Å². The minimum Gasteiger partial charge on any atom is -0.465 e. The van der Waals surface area contributed by atoms with E-state index in [0.717, 1.165) is 48.5 Å². The lowest BCUT2D eigenvalue weighted by Gasteiger charge is -2.48. The normalized spacial score (nSPS) is 31.0. The van der Waals surface area contributed by atoms with E-state index in [2.05, 4.69) is 0 Å². The molecule has 0 aromatic heterocycles. The second-order valence-electron chi connectivity index (χ2n) is 10.4. The van der Waals surface area contributed by atoms with Crippen LogP contribution in [-0.4, -0.2) is 117 Å². The summed E-state index contributed by atoms with van der Waals surface area (Å²) in [7, 11) is 1.24. The topological polar surface area (TPSA) is 212 Å². The van der Waals surface area contributed by atoms with Crippen LogP contribution in [0, 0.1) is 5.92 Å². The minimum atomic E-state index is -1.46. The fraction of sp³-hybridized carbons (Fsp3) is 0.750. The van der Waals surface area contributed by atoms with Crippen LogP contribution in [0.4, 0.5) is 0 Å². The summed E-state index contributed by atoms with van der Waals surface area (Å²) in [6.45, 7) is 7.01. The summed E-state index contributed by atoms with van der Waals surface area (Å²) in [5, 5.41) is 0. The van der Waals surface area contributed by atoms with Gasteiger partial charge in [-0.25, -0.2) is 0 Å². The molecule has 45 heavy (non-hydrogen) atoms. The van der Waals surface area contributed by atoms with Crippen LogP contribution in [-0.2, 0) is 80.9 Å². The molecule has 0 spiro atoms. The molecule has 0 aromatic rings. The zero-order chi connectivity index (χ0) is 34.0. The molecule has 10 atom stereocenters. The number of carbonyl (C=O) groups is 7. The van der Waals surface area contributed by atoms with E-state index < -0.39 is 109 Å². The van der Waals surface area contributed by atoms with E-state index in [9.17, 15) is 33.6 Å². The Hall–Kier alpha value is -3.83. The van der Waals surface area contributed by atoms with Gasteiger partial charge < -0.3 is 47.4 Å². The third kappa shape index (κ3) is 11.2. The van der Waals surface area contributed by atoms with Crippen molar-refractivity contribution in [2.45, 2.75) is 110 Å². The minimum absolute atomic E-state index is 0.142. The second kappa shape index (κ2) is 17.0. The molecule has 1 saturated carbocycles. The zero-order valence-electron chi connectivity index (χ0n) is 26.3. The molecule has 17 heteroatoms. The van der Waals surface area contributed by atoms with Crippen molar-refractivity contribution in [2.75, 3.05) is 20.3 Å². The highest BCUT2D eigenvalue weighted by molar-refractivity contribution is 5.69. The van der Waals surface area contributed by atoms with Crippen LogP contribution in [0.1, 0.15) is 54.9 Å². The first-order valence-electron chi connectivity index (χ1n) is 14.0. The Balaban J connectivity index is 2.69. The van der Waals surface area contributed by atoms with Gasteiger partial charge in [0.2, 0.25) is 0 Å². The van der Waals surface area contributed by atoms with Crippen LogP contribution in [0.25, 0.3) is 0 Å². The van der Waals surface area contributed by atoms with Gasteiger partial charge in [0, 0.05) is 61.5 Å². The summed E-state index contributed by atoms with van der Waals surface area (Å²) >= 11 is 0. The maximum Gasteiger partial charge on any atom is 0.303 e. The predicted molar refractivity (Wildman–Crippen MR) is 143 cm³/mol. The number of methoxy groups -OCH3 is 1. The van der Waals surface area contributed by atoms with E-state index in [4.69, 9.17) is 47.4 Å². The van der Waals surface area contributed by atoms with Crippen LogP contribution in [0.15, 0.2) is 0 Å². The van der Waals surface area contributed by atoms with Crippen molar-refractivity contribution in [3.8, 4) is 0 Å². The molecule has 2 aliphatic rings. The Morgan fingerprint density at radius 2 is 0.956 bits per heavy atom. The molecule has 1 saturated heterocycles. The van der Waals surface area contributed by atoms with Gasteiger partial charge in [-0.2, -0.15) is 0 Å². The first kappa shape index (κ1) is 37.4. The van der Waals surface area contributed by atoms with Crippen molar-refractivity contribution in [1.29, 1.82) is 0 Å². The largest absolute Gasteiger partial charge is 0.465 e. The number of hydrogen-bond acceptors (Lipinski definition) is 17. The second-order valence-corrected chi connectivity index (χ2v) is 10.4. The maximum absolute atomic E-state index is 12.3. The van der Waals surface area contributed by atoms with E-state index in [1.165, 1.54) is 7.11 Å². The number of esters is 7. The standard InChI is InChI=1S/C28H40O17/c1-12(29)37-10-19-9-20(23(40-15(4)32)25(41-16(5)33)22(19)39-14(3)31)44-24-21(11-38-13(2)30)45-28(36-8)27(43-18(7)35)26(24)42-17(6)34/h19-28H,9-11H2,1-8H3/t19-,20-,21-,22+,23+,24-,25+,26+,27-,28-/m1/s1. The van der Waals surface area contributed by atoms with E-state index in [-0.39, 0.29) is 13.0 Å². The molecule has 0 radical (unpaired) electrons. The molecule has 0 aromatic carbocycles. The van der Waals surface area contributed by atoms with Gasteiger partial charge >= 0.3 is 41.8 Å². The molecule has 0 amide bonds. The summed E-state index contributed by atoms with van der Waals surface area (Å²) in [5.74, 6) is -6.23. The van der Waals surface area contributed by atoms with E-state index >= 15 is 0 Å². The molecule has 0 unspecified atom stereocenters. The fourth-order valence-corrected chi connectivity index (χ4v) is 5.18. The number of rotatable bonds is 12. The molecule has 0 N–H and O–H groups in total. The van der Waals surface area contributed by atoms with Gasteiger partial charge in [0.05, 0.1) is 12.7 Å². The van der Waals surface area contributed by atoms with Crippen LogP contribution >= 0.6 is 0 Å². The van der Waals surface area contributed by atoms with E-state index in [1.54, 1.807) is 0 Å². The summed E-state index contributed by atoms with van der Waals surface area (Å²) in [6.07, 6.45) is -12.3. The molecular weight excluding hydrogens is 608 g/mol. The van der Waals surface area contributed by atoms with Gasteiger partial charge in [-0.05, 0) is 6.42 Å². The Morgan fingerprint density at radius 3 is 1.42 bits per heavy atom. The van der Waals surface area contributed by atoms with E-state index in [1.807, 2.05) is 0 Å². The molecule has 2 rings (SSSR count). The van der Waals surface area contributed by atoms with Crippen molar-refractivity contribution in [3.63, 3.8) is 0 Å². The highest BCUT2D eigenvalue weighted by Crippen LogP contribution is 2.38. The highest BCUT2D eigenvalue weighted by atomic mass is 16.7. The van der Waals surface area contributed by atoms with Crippen LogP contribution in [0.5, 0.6) is 0 Å². The molecule has 1 aliphatic heterocycles. The SMILES string of the molecule is CO[C@@H]1O[C@H](COC(C)=O)[C@@H](O[C@@H]2C[C@H](COC(C)=O)[C@H](OC(C)=O)[C@H](OC(C)=O)[C@H]2OC(C)=O)[C@H](OC(C)=O)[C@H]1OC(C)=O. The highest BCUT2D eigenvalue weighted by Gasteiger charge is 2.56. The molecule has 2 fully saturated rings. The van der Waals surface area contributed by atoms with Crippen LogP contribution < -0.4 is 0 Å². The zero-order valence-corrected chi connectivity index (χ0v) is 26.3. The Bertz CT molecular complexity index is 1100. The molecular formula is C28H40O17. The predicted octanol–water partition coefficient (Wildman–Crippen LogP) is -0.0839. The average molecular weight is 649 g/mol. The first-order valence-corrected chi connectivity index (χ1v) is 14.0. The quantitative estimate of drug-likeness (QED) is 0.200. The number of carbonyl (C=O) groups excluding carboxylic acids is 7. The van der Waals surface area contributed by atoms with Crippen LogP contribution in [0.2, 0.25) is 0 Å². The van der Waals surface area contributed by atoms with Gasteiger partial charge in [-0.15, -0.1) is 0 Å². The average Bonchev–Trinajstić information content (AvgIpc) is 2.90. The molecule has 1 aliphatic carbocycles. The van der Waals surface area contributed by atoms with Crippen molar-refractivity contribution in [2.24, 2.45) is 5.92 Å². The summed E-state index contributed by atoms with van der Waals surface area (Å²) in [5.41, 5.74) is 0. The Kier molecular flexibility index (Phi) is 14.1. The van der Waals surface area contributed by atoms with Crippen molar-refractivity contribution >= 4 is 41.8 Å². The van der Waals surface area contributed by atoms with E-state index in [0.29, 0.717) is 0 Å². The van der Waals surface area contributed by atoms with Gasteiger partial charge in [0.15, 0.2) is 30.7 Å². The lowest BCUT2D eigenvalue weighted by atomic mass is 9.80. The maximum atomic E-state index is 12.3. The molecule has 254 valence electrons. The Morgan fingerprint density at radius 1 is 0.533 bits per heavy atom. The summed E-state index contributed by atoms with van der Waals surface area (Å²) < 4.78 is 55.5. The summed E-state index contributed by atoms with van der Waals surface area (Å²) in [4.78, 5) is 84.3. The van der Waals surface area contributed by atoms with Crippen LogP contribution in [0.3, 0.4) is 0 Å². The smallest absolute Gasteiger partial charge is 0.303 e. The number of ether oxygens (including phenoxy) is 10. The number of hydrogen-bond donors (Lipinski definition) is 0. The fourth-order valence-electron chi connectivity index (χ4n) is 5.18. The molecule has 1 heterocycles. The lowest BCUT2D eigenvalue weighted by Crippen LogP contribution is -2.65. The van der Waals surface area contributed by atoms with Crippen molar-refractivity contribution < 1.29 is 80.9 Å². The third-order valence-corrected chi connectivity index (χ3v) is 6.63. The van der Waals surface area contributed by atoms with Crippen molar-refractivity contribution in [3.05, 3.63) is 0 Å². The first-order chi connectivity index (χ1) is 21.0.